The van der Waals surface area contributed by atoms with Gasteiger partial charge in [-0.1, -0.05) is 37.1 Å². The summed E-state index contributed by atoms with van der Waals surface area (Å²) in [5, 5.41) is 0.879. The molecule has 2 N–H and O–H groups in total. The third kappa shape index (κ3) is 3.84. The normalized spacial score (nSPS) is 12.8. The Balaban J connectivity index is 2.70. The first-order chi connectivity index (χ1) is 7.17. The molecule has 0 radical (unpaired) electrons. The smallest absolute Gasteiger partial charge is 0.0440 e. The molecule has 0 spiro atoms. The Labute approximate surface area is 97.6 Å². The number of benzene rings is 1. The number of rotatable bonds is 5. The van der Waals surface area contributed by atoms with Crippen molar-refractivity contribution >= 4 is 11.6 Å². The zero-order valence-electron chi connectivity index (χ0n) is 9.59. The van der Waals surface area contributed by atoms with Crippen molar-refractivity contribution < 1.29 is 0 Å². The average molecular weight is 226 g/mol. The Hall–Kier alpha value is -0.530. The first kappa shape index (κ1) is 12.5. The van der Waals surface area contributed by atoms with E-state index in [0.29, 0.717) is 5.92 Å². The summed E-state index contributed by atoms with van der Waals surface area (Å²) in [5.74, 6) is 0.565. The van der Waals surface area contributed by atoms with Crippen LogP contribution in [0.25, 0.3) is 0 Å². The van der Waals surface area contributed by atoms with Gasteiger partial charge < -0.3 is 5.73 Å². The van der Waals surface area contributed by atoms with Crippen molar-refractivity contribution in [2.45, 2.75) is 33.1 Å². The van der Waals surface area contributed by atoms with Crippen LogP contribution in [-0.4, -0.2) is 6.54 Å². The fourth-order valence-corrected chi connectivity index (χ4v) is 2.15. The lowest BCUT2D eigenvalue weighted by molar-refractivity contribution is 0.487. The van der Waals surface area contributed by atoms with Crippen LogP contribution in [0.3, 0.4) is 0 Å². The van der Waals surface area contributed by atoms with E-state index in [2.05, 4.69) is 26.0 Å². The van der Waals surface area contributed by atoms with E-state index in [4.69, 9.17) is 17.3 Å². The topological polar surface area (TPSA) is 26.0 Å². The molecule has 0 amide bonds. The largest absolute Gasteiger partial charge is 0.330 e. The summed E-state index contributed by atoms with van der Waals surface area (Å²) in [6.45, 7) is 5.00. The lowest BCUT2D eigenvalue weighted by atomic mass is 9.95. The van der Waals surface area contributed by atoms with Crippen molar-refractivity contribution in [2.24, 2.45) is 11.7 Å². The molecule has 0 aromatic heterocycles. The molecule has 15 heavy (non-hydrogen) atoms. The van der Waals surface area contributed by atoms with Gasteiger partial charge in [0.1, 0.15) is 0 Å². The van der Waals surface area contributed by atoms with Crippen LogP contribution in [0.4, 0.5) is 0 Å². The summed E-state index contributed by atoms with van der Waals surface area (Å²) in [7, 11) is 0. The minimum atomic E-state index is 0.565. The first-order valence-electron chi connectivity index (χ1n) is 5.62. The van der Waals surface area contributed by atoms with Crippen LogP contribution in [0.5, 0.6) is 0 Å². The van der Waals surface area contributed by atoms with E-state index in [-0.39, 0.29) is 0 Å². The van der Waals surface area contributed by atoms with Crippen molar-refractivity contribution in [3.05, 3.63) is 34.3 Å². The van der Waals surface area contributed by atoms with Crippen molar-refractivity contribution in [3.8, 4) is 0 Å². The Morgan fingerprint density at radius 2 is 2.13 bits per heavy atom. The second-order valence-corrected chi connectivity index (χ2v) is 4.60. The molecule has 0 saturated carbocycles. The molecule has 1 rings (SSSR count). The third-order valence-electron chi connectivity index (χ3n) is 2.75. The standard InChI is InChI=1S/C13H20ClN/c1-3-4-11(9-15)8-12-6-5-10(2)7-13(12)14/h5-7,11H,3-4,8-9,15H2,1-2H3. The van der Waals surface area contributed by atoms with Gasteiger partial charge >= 0.3 is 0 Å². The van der Waals surface area contributed by atoms with Crippen LogP contribution < -0.4 is 5.73 Å². The molecule has 1 aromatic rings. The molecule has 0 bridgehead atoms. The van der Waals surface area contributed by atoms with E-state index in [0.717, 1.165) is 18.0 Å². The molecule has 0 saturated heterocycles. The van der Waals surface area contributed by atoms with Crippen molar-refractivity contribution in [2.75, 3.05) is 6.54 Å². The molecule has 84 valence electrons. The highest BCUT2D eigenvalue weighted by Crippen LogP contribution is 2.22. The van der Waals surface area contributed by atoms with Crippen LogP contribution in [0.1, 0.15) is 30.9 Å². The van der Waals surface area contributed by atoms with Gasteiger partial charge in [-0.25, -0.2) is 0 Å². The van der Waals surface area contributed by atoms with Gasteiger partial charge in [-0.05, 0) is 49.4 Å². The summed E-state index contributed by atoms with van der Waals surface area (Å²) in [4.78, 5) is 0. The van der Waals surface area contributed by atoms with Crippen LogP contribution in [0, 0.1) is 12.8 Å². The van der Waals surface area contributed by atoms with Gasteiger partial charge in [-0.3, -0.25) is 0 Å². The number of aryl methyl sites for hydroxylation is 1. The lowest BCUT2D eigenvalue weighted by Gasteiger charge is -2.14. The van der Waals surface area contributed by atoms with Gasteiger partial charge in [0.05, 0.1) is 0 Å². The third-order valence-corrected chi connectivity index (χ3v) is 3.10. The zero-order chi connectivity index (χ0) is 11.3. The van der Waals surface area contributed by atoms with E-state index < -0.39 is 0 Å². The molecule has 0 heterocycles. The second kappa shape index (κ2) is 6.14. The summed E-state index contributed by atoms with van der Waals surface area (Å²) < 4.78 is 0. The maximum absolute atomic E-state index is 6.19. The van der Waals surface area contributed by atoms with Gasteiger partial charge in [-0.2, -0.15) is 0 Å². The summed E-state index contributed by atoms with van der Waals surface area (Å²) in [6.07, 6.45) is 3.37. The van der Waals surface area contributed by atoms with E-state index in [1.807, 2.05) is 6.07 Å². The van der Waals surface area contributed by atoms with Crippen molar-refractivity contribution in [1.82, 2.24) is 0 Å². The predicted molar refractivity (Wildman–Crippen MR) is 67.3 cm³/mol. The summed E-state index contributed by atoms with van der Waals surface area (Å²) >= 11 is 6.19. The summed E-state index contributed by atoms with van der Waals surface area (Å²) in [5.41, 5.74) is 8.18. The monoisotopic (exact) mass is 225 g/mol. The maximum Gasteiger partial charge on any atom is 0.0440 e. The molecule has 1 atom stereocenters. The van der Waals surface area contributed by atoms with Gasteiger partial charge in [0.15, 0.2) is 0 Å². The van der Waals surface area contributed by atoms with Crippen molar-refractivity contribution in [3.63, 3.8) is 0 Å². The zero-order valence-corrected chi connectivity index (χ0v) is 10.3. The molecule has 2 heteroatoms. The molecule has 0 fully saturated rings. The fourth-order valence-electron chi connectivity index (χ4n) is 1.84. The van der Waals surface area contributed by atoms with E-state index in [1.165, 1.54) is 24.0 Å². The predicted octanol–water partition coefficient (Wildman–Crippen LogP) is 3.57. The molecular weight excluding hydrogens is 206 g/mol. The van der Waals surface area contributed by atoms with E-state index in [1.54, 1.807) is 0 Å². The Bertz CT molecular complexity index is 309. The number of nitrogens with two attached hydrogens (primary N) is 1. The van der Waals surface area contributed by atoms with Gasteiger partial charge in [0, 0.05) is 5.02 Å². The Morgan fingerprint density at radius 3 is 2.67 bits per heavy atom. The van der Waals surface area contributed by atoms with Crippen LogP contribution in [-0.2, 0) is 6.42 Å². The average Bonchev–Trinajstić information content (AvgIpc) is 2.21. The molecule has 0 aliphatic carbocycles. The van der Waals surface area contributed by atoms with Gasteiger partial charge in [0.25, 0.3) is 0 Å². The molecule has 0 aliphatic heterocycles. The van der Waals surface area contributed by atoms with E-state index in [9.17, 15) is 0 Å². The lowest BCUT2D eigenvalue weighted by Crippen LogP contribution is -2.16. The quantitative estimate of drug-likeness (QED) is 0.815. The number of halogens is 1. The molecule has 1 nitrogen and oxygen atoms in total. The van der Waals surface area contributed by atoms with Gasteiger partial charge in [-0.15, -0.1) is 0 Å². The Morgan fingerprint density at radius 1 is 1.40 bits per heavy atom. The minimum absolute atomic E-state index is 0.565. The Kier molecular flexibility index (Phi) is 5.13. The highest BCUT2D eigenvalue weighted by atomic mass is 35.5. The van der Waals surface area contributed by atoms with Crippen LogP contribution >= 0.6 is 11.6 Å². The fraction of sp³-hybridized carbons (Fsp3) is 0.538. The molecule has 1 aromatic carbocycles. The summed E-state index contributed by atoms with van der Waals surface area (Å²) in [6, 6.07) is 6.26. The number of hydrogen-bond donors (Lipinski definition) is 1. The highest BCUT2D eigenvalue weighted by Gasteiger charge is 2.09. The van der Waals surface area contributed by atoms with E-state index >= 15 is 0 Å². The number of hydrogen-bond acceptors (Lipinski definition) is 1. The van der Waals surface area contributed by atoms with Gasteiger partial charge in [0.2, 0.25) is 0 Å². The van der Waals surface area contributed by atoms with Crippen LogP contribution in [0.2, 0.25) is 5.02 Å². The van der Waals surface area contributed by atoms with Crippen molar-refractivity contribution in [1.29, 1.82) is 0 Å². The highest BCUT2D eigenvalue weighted by molar-refractivity contribution is 6.31. The minimum Gasteiger partial charge on any atom is -0.330 e. The molecule has 1 unspecified atom stereocenters. The SMILES string of the molecule is CCCC(CN)Cc1ccc(C)cc1Cl. The maximum atomic E-state index is 6.19. The molecular formula is C13H20ClN. The first-order valence-corrected chi connectivity index (χ1v) is 6.00. The second-order valence-electron chi connectivity index (χ2n) is 4.19. The van der Waals surface area contributed by atoms with Crippen LogP contribution in [0.15, 0.2) is 18.2 Å². The molecule has 0 aliphatic rings.